The fourth-order valence-corrected chi connectivity index (χ4v) is 2.93. The number of rotatable bonds is 4. The van der Waals surface area contributed by atoms with Crippen molar-refractivity contribution in [2.45, 2.75) is 11.6 Å². The van der Waals surface area contributed by atoms with Crippen LogP contribution in [0.4, 0.5) is 10.1 Å². The topological polar surface area (TPSA) is 85.3 Å². The van der Waals surface area contributed by atoms with Gasteiger partial charge in [-0.2, -0.15) is 0 Å². The summed E-state index contributed by atoms with van der Waals surface area (Å²) in [5.41, 5.74) is 0.474. The van der Waals surface area contributed by atoms with Gasteiger partial charge in [0.25, 0.3) is 10.0 Å². The zero-order valence-electron chi connectivity index (χ0n) is 9.86. The lowest BCUT2D eigenvalue weighted by Crippen LogP contribution is -2.10. The molecule has 5 nitrogen and oxygen atoms in total. The Morgan fingerprint density at radius 2 is 2.10 bits per heavy atom. The van der Waals surface area contributed by atoms with Gasteiger partial charge in [-0.15, -0.1) is 0 Å². The highest BCUT2D eigenvalue weighted by atomic mass is 79.9. The highest BCUT2D eigenvalue weighted by Crippen LogP contribution is 2.32. The molecule has 9 heteroatoms. The van der Waals surface area contributed by atoms with Crippen molar-refractivity contribution in [3.63, 3.8) is 0 Å². The molecule has 0 saturated carbocycles. The van der Waals surface area contributed by atoms with E-state index in [9.17, 15) is 12.8 Å². The molecule has 0 spiro atoms. The van der Waals surface area contributed by atoms with Crippen LogP contribution in [0.1, 0.15) is 5.76 Å². The summed E-state index contributed by atoms with van der Waals surface area (Å²) in [6.45, 7) is 0.166. The van der Waals surface area contributed by atoms with Crippen molar-refractivity contribution in [1.82, 2.24) is 0 Å². The molecule has 0 unspecified atom stereocenters. The lowest BCUT2D eigenvalue weighted by molar-refractivity contribution is 0.419. The van der Waals surface area contributed by atoms with Gasteiger partial charge in [0.1, 0.15) is 11.6 Å². The van der Waals surface area contributed by atoms with Crippen molar-refractivity contribution >= 4 is 43.2 Å². The Hall–Kier alpha value is -1.09. The van der Waals surface area contributed by atoms with Gasteiger partial charge in [0, 0.05) is 4.47 Å². The first-order valence-corrected chi connectivity index (χ1v) is 7.99. The SMILES string of the molecule is NS(=O)(=O)c1ccc(CNc2c(Cl)cc(F)cc2Br)o1. The molecule has 0 radical (unpaired) electrons. The van der Waals surface area contributed by atoms with Gasteiger partial charge in [-0.25, -0.2) is 17.9 Å². The summed E-state index contributed by atoms with van der Waals surface area (Å²) < 4.78 is 40.7. The quantitative estimate of drug-likeness (QED) is 0.849. The second-order valence-electron chi connectivity index (χ2n) is 3.86. The lowest BCUT2D eigenvalue weighted by Gasteiger charge is -2.09. The second-order valence-corrected chi connectivity index (χ2v) is 6.62. The first-order valence-electron chi connectivity index (χ1n) is 5.27. The summed E-state index contributed by atoms with van der Waals surface area (Å²) in [5.74, 6) is -0.122. The molecular weight excluding hydrogens is 375 g/mol. The zero-order valence-corrected chi connectivity index (χ0v) is 13.0. The Bertz CT molecular complexity index is 725. The third-order valence-electron chi connectivity index (χ3n) is 2.36. The van der Waals surface area contributed by atoms with Gasteiger partial charge in [0.2, 0.25) is 5.09 Å². The Labute approximate surface area is 128 Å². The molecule has 0 aliphatic rings. The number of benzene rings is 1. The maximum Gasteiger partial charge on any atom is 0.271 e. The number of halogens is 3. The number of hydrogen-bond acceptors (Lipinski definition) is 4. The summed E-state index contributed by atoms with van der Waals surface area (Å²) in [6.07, 6.45) is 0. The van der Waals surface area contributed by atoms with Gasteiger partial charge >= 0.3 is 0 Å². The number of hydrogen-bond donors (Lipinski definition) is 2. The Morgan fingerprint density at radius 3 is 2.65 bits per heavy atom. The fraction of sp³-hybridized carbons (Fsp3) is 0.0909. The molecule has 0 aliphatic heterocycles. The largest absolute Gasteiger partial charge is 0.446 e. The van der Waals surface area contributed by atoms with Crippen LogP contribution < -0.4 is 10.5 Å². The van der Waals surface area contributed by atoms with E-state index in [0.717, 1.165) is 6.07 Å². The van der Waals surface area contributed by atoms with E-state index >= 15 is 0 Å². The van der Waals surface area contributed by atoms with Crippen LogP contribution in [0, 0.1) is 5.82 Å². The molecule has 20 heavy (non-hydrogen) atoms. The Balaban J connectivity index is 2.16. The molecule has 1 heterocycles. The van der Waals surface area contributed by atoms with E-state index < -0.39 is 15.8 Å². The first-order chi connectivity index (χ1) is 9.27. The van der Waals surface area contributed by atoms with Crippen LogP contribution in [-0.4, -0.2) is 8.42 Å². The van der Waals surface area contributed by atoms with Gasteiger partial charge in [-0.1, -0.05) is 11.6 Å². The minimum absolute atomic E-state index is 0.166. The molecule has 0 atom stereocenters. The number of primary sulfonamides is 1. The monoisotopic (exact) mass is 382 g/mol. The van der Waals surface area contributed by atoms with Crippen LogP contribution in [0.25, 0.3) is 0 Å². The van der Waals surface area contributed by atoms with E-state index in [0.29, 0.717) is 15.9 Å². The summed E-state index contributed by atoms with van der Waals surface area (Å²) in [4.78, 5) is 0. The van der Waals surface area contributed by atoms with Crippen molar-refractivity contribution in [3.8, 4) is 0 Å². The highest BCUT2D eigenvalue weighted by molar-refractivity contribution is 9.10. The molecule has 2 aromatic rings. The van der Waals surface area contributed by atoms with E-state index in [1.807, 2.05) is 0 Å². The summed E-state index contributed by atoms with van der Waals surface area (Å²) in [6, 6.07) is 5.14. The van der Waals surface area contributed by atoms with Crippen molar-refractivity contribution in [3.05, 3.63) is 45.3 Å². The van der Waals surface area contributed by atoms with Crippen LogP contribution in [0.2, 0.25) is 5.02 Å². The van der Waals surface area contributed by atoms with Gasteiger partial charge in [-0.05, 0) is 40.2 Å². The number of nitrogens with one attached hydrogen (secondary N) is 1. The zero-order chi connectivity index (χ0) is 14.9. The predicted octanol–water partition coefficient (Wildman–Crippen LogP) is 3.09. The lowest BCUT2D eigenvalue weighted by atomic mass is 10.3. The molecule has 0 saturated heterocycles. The average molecular weight is 384 g/mol. The molecule has 1 aromatic heterocycles. The first kappa shape index (κ1) is 15.3. The third kappa shape index (κ3) is 3.51. The number of anilines is 1. The minimum Gasteiger partial charge on any atom is -0.446 e. The fourth-order valence-electron chi connectivity index (χ4n) is 1.49. The van der Waals surface area contributed by atoms with E-state index in [-0.39, 0.29) is 16.7 Å². The second kappa shape index (κ2) is 5.72. The van der Waals surface area contributed by atoms with E-state index in [4.69, 9.17) is 21.2 Å². The van der Waals surface area contributed by atoms with Gasteiger partial charge < -0.3 is 9.73 Å². The van der Waals surface area contributed by atoms with Crippen molar-refractivity contribution in [2.75, 3.05) is 5.32 Å². The predicted molar refractivity (Wildman–Crippen MR) is 76.5 cm³/mol. The Morgan fingerprint density at radius 1 is 1.40 bits per heavy atom. The van der Waals surface area contributed by atoms with E-state index in [2.05, 4.69) is 21.2 Å². The number of furan rings is 1. The average Bonchev–Trinajstić information content (AvgIpc) is 2.75. The van der Waals surface area contributed by atoms with E-state index in [1.54, 1.807) is 0 Å². The highest BCUT2D eigenvalue weighted by Gasteiger charge is 2.14. The normalized spacial score (nSPS) is 11.6. The van der Waals surface area contributed by atoms with Crippen LogP contribution in [0.3, 0.4) is 0 Å². The molecule has 108 valence electrons. The van der Waals surface area contributed by atoms with Crippen molar-refractivity contribution in [2.24, 2.45) is 5.14 Å². The number of sulfonamides is 1. The van der Waals surface area contributed by atoms with Crippen LogP contribution in [-0.2, 0) is 16.6 Å². The third-order valence-corrected chi connectivity index (χ3v) is 4.07. The minimum atomic E-state index is -3.87. The molecule has 0 aliphatic carbocycles. The van der Waals surface area contributed by atoms with Crippen LogP contribution >= 0.6 is 27.5 Å². The molecule has 3 N–H and O–H groups in total. The standard InChI is InChI=1S/C11H9BrClFN2O3S/c12-8-3-6(14)4-9(13)11(8)16-5-7-1-2-10(19-7)20(15,17)18/h1-4,16H,5H2,(H2,15,17,18). The van der Waals surface area contributed by atoms with Gasteiger partial charge in [-0.3, -0.25) is 0 Å². The maximum atomic E-state index is 13.1. The number of nitrogens with two attached hydrogens (primary N) is 1. The van der Waals surface area contributed by atoms with Crippen LogP contribution in [0.15, 0.2) is 38.2 Å². The summed E-state index contributed by atoms with van der Waals surface area (Å²) >= 11 is 9.07. The smallest absolute Gasteiger partial charge is 0.271 e. The van der Waals surface area contributed by atoms with Crippen molar-refractivity contribution < 1.29 is 17.2 Å². The van der Waals surface area contributed by atoms with Gasteiger partial charge in [0.05, 0.1) is 17.3 Å². The molecule has 0 fully saturated rings. The molecule has 0 amide bonds. The van der Waals surface area contributed by atoms with Crippen molar-refractivity contribution in [1.29, 1.82) is 0 Å². The Kier molecular flexibility index (Phi) is 4.38. The summed E-state index contributed by atoms with van der Waals surface area (Å²) in [7, 11) is -3.87. The maximum absolute atomic E-state index is 13.1. The van der Waals surface area contributed by atoms with Crippen LogP contribution in [0.5, 0.6) is 0 Å². The molecule has 2 rings (SSSR count). The van der Waals surface area contributed by atoms with Gasteiger partial charge in [0.15, 0.2) is 0 Å². The summed E-state index contributed by atoms with van der Waals surface area (Å²) in [5, 5.41) is 7.71. The van der Waals surface area contributed by atoms with E-state index in [1.165, 1.54) is 18.2 Å². The molecular formula is C11H9BrClFN2O3S. The molecule has 1 aromatic carbocycles. The molecule has 0 bridgehead atoms.